The van der Waals surface area contributed by atoms with Crippen LogP contribution in [0.15, 0.2) is 71.6 Å². The second kappa shape index (κ2) is 6.36. The number of halogens is 2. The van der Waals surface area contributed by atoms with Crippen LogP contribution in [0.5, 0.6) is 0 Å². The molecule has 6 heteroatoms. The standard InChI is InChI=1S/C18H13ClFNO2S/c19-16-11-12(9-10-17(16)20)13-5-1-2-6-14(13)15-7-3-4-8-18(15)24(21,22)23/h1-11H,(H2,21,22,23). The van der Waals surface area contributed by atoms with Gasteiger partial charge in [-0.15, -0.1) is 0 Å². The van der Waals surface area contributed by atoms with Gasteiger partial charge in [-0.3, -0.25) is 0 Å². The van der Waals surface area contributed by atoms with E-state index in [1.807, 2.05) is 12.1 Å². The molecule has 3 rings (SSSR count). The van der Waals surface area contributed by atoms with Gasteiger partial charge < -0.3 is 0 Å². The number of hydrogen-bond donors (Lipinski definition) is 1. The Morgan fingerprint density at radius 2 is 1.42 bits per heavy atom. The maximum Gasteiger partial charge on any atom is 0.238 e. The number of primary sulfonamides is 1. The summed E-state index contributed by atoms with van der Waals surface area (Å²) in [6.45, 7) is 0. The first-order chi connectivity index (χ1) is 11.4. The Kier molecular flexibility index (Phi) is 4.41. The molecular formula is C18H13ClFNO2S. The van der Waals surface area contributed by atoms with E-state index in [4.69, 9.17) is 16.7 Å². The highest BCUT2D eigenvalue weighted by Crippen LogP contribution is 2.36. The second-order valence-electron chi connectivity index (χ2n) is 5.22. The average molecular weight is 362 g/mol. The van der Waals surface area contributed by atoms with E-state index in [1.165, 1.54) is 18.2 Å². The number of benzene rings is 3. The fourth-order valence-electron chi connectivity index (χ4n) is 2.57. The lowest BCUT2D eigenvalue weighted by atomic mass is 9.94. The van der Waals surface area contributed by atoms with Gasteiger partial charge in [-0.2, -0.15) is 0 Å². The maximum atomic E-state index is 13.4. The van der Waals surface area contributed by atoms with Crippen molar-refractivity contribution in [2.24, 2.45) is 5.14 Å². The van der Waals surface area contributed by atoms with E-state index in [0.717, 1.165) is 5.56 Å². The number of hydrogen-bond acceptors (Lipinski definition) is 2. The van der Waals surface area contributed by atoms with E-state index in [0.29, 0.717) is 16.7 Å². The highest BCUT2D eigenvalue weighted by atomic mass is 35.5. The van der Waals surface area contributed by atoms with E-state index in [9.17, 15) is 12.8 Å². The molecule has 0 aliphatic carbocycles. The first kappa shape index (κ1) is 16.6. The molecule has 0 heterocycles. The minimum Gasteiger partial charge on any atom is -0.225 e. The molecule has 0 fully saturated rings. The molecule has 3 aromatic rings. The summed E-state index contributed by atoms with van der Waals surface area (Å²) in [7, 11) is -3.88. The monoisotopic (exact) mass is 361 g/mol. The van der Waals surface area contributed by atoms with Crippen LogP contribution in [0.1, 0.15) is 0 Å². The van der Waals surface area contributed by atoms with Gasteiger partial charge in [0.05, 0.1) is 9.92 Å². The summed E-state index contributed by atoms with van der Waals surface area (Å²) in [5, 5.41) is 5.33. The van der Waals surface area contributed by atoms with E-state index >= 15 is 0 Å². The van der Waals surface area contributed by atoms with Crippen molar-refractivity contribution < 1.29 is 12.8 Å². The van der Waals surface area contributed by atoms with Gasteiger partial charge in [-0.25, -0.2) is 17.9 Å². The molecule has 0 amide bonds. The number of sulfonamides is 1. The molecule has 0 aliphatic rings. The number of nitrogens with two attached hydrogens (primary N) is 1. The summed E-state index contributed by atoms with van der Waals surface area (Å²) in [6, 6.07) is 18.1. The SMILES string of the molecule is NS(=O)(=O)c1ccccc1-c1ccccc1-c1ccc(F)c(Cl)c1. The molecule has 0 radical (unpaired) electrons. The van der Waals surface area contributed by atoms with Crippen LogP contribution in [0.25, 0.3) is 22.3 Å². The maximum absolute atomic E-state index is 13.4. The van der Waals surface area contributed by atoms with Crippen molar-refractivity contribution in [2.75, 3.05) is 0 Å². The Morgan fingerprint density at radius 1 is 0.833 bits per heavy atom. The molecule has 0 spiro atoms. The lowest BCUT2D eigenvalue weighted by Crippen LogP contribution is -2.13. The van der Waals surface area contributed by atoms with Gasteiger partial charge in [0.1, 0.15) is 5.82 Å². The van der Waals surface area contributed by atoms with Gasteiger partial charge in [-0.1, -0.05) is 60.1 Å². The highest BCUT2D eigenvalue weighted by molar-refractivity contribution is 7.89. The van der Waals surface area contributed by atoms with Crippen LogP contribution >= 0.6 is 11.6 Å². The summed E-state index contributed by atoms with van der Waals surface area (Å²) in [5.74, 6) is -0.511. The smallest absolute Gasteiger partial charge is 0.225 e. The second-order valence-corrected chi connectivity index (χ2v) is 7.15. The van der Waals surface area contributed by atoms with Crippen molar-refractivity contribution in [3.63, 3.8) is 0 Å². The summed E-state index contributed by atoms with van der Waals surface area (Å²) in [6.07, 6.45) is 0. The molecule has 0 saturated carbocycles. The molecule has 0 aliphatic heterocycles. The number of rotatable bonds is 3. The molecule has 3 aromatic carbocycles. The Balaban J connectivity index is 2.27. The topological polar surface area (TPSA) is 60.2 Å². The molecule has 0 unspecified atom stereocenters. The van der Waals surface area contributed by atoms with E-state index in [1.54, 1.807) is 36.4 Å². The summed E-state index contributed by atoms with van der Waals surface area (Å²) >= 11 is 5.88. The summed E-state index contributed by atoms with van der Waals surface area (Å²) < 4.78 is 37.2. The zero-order chi connectivity index (χ0) is 17.3. The largest absolute Gasteiger partial charge is 0.238 e. The van der Waals surface area contributed by atoms with Crippen LogP contribution in [0.4, 0.5) is 4.39 Å². The van der Waals surface area contributed by atoms with Gasteiger partial charge in [0.15, 0.2) is 0 Å². The molecule has 0 saturated heterocycles. The van der Waals surface area contributed by atoms with Gasteiger partial charge >= 0.3 is 0 Å². The predicted octanol–water partition coefficient (Wildman–Crippen LogP) is 4.46. The Bertz CT molecular complexity index is 1020. The van der Waals surface area contributed by atoms with Crippen molar-refractivity contribution in [2.45, 2.75) is 4.90 Å². The lowest BCUT2D eigenvalue weighted by molar-refractivity contribution is 0.598. The van der Waals surface area contributed by atoms with Crippen LogP contribution < -0.4 is 5.14 Å². The van der Waals surface area contributed by atoms with Crippen LogP contribution in [-0.2, 0) is 10.0 Å². The predicted molar refractivity (Wildman–Crippen MR) is 93.7 cm³/mol. The zero-order valence-electron chi connectivity index (χ0n) is 12.4. The van der Waals surface area contributed by atoms with E-state index in [2.05, 4.69) is 0 Å². The first-order valence-electron chi connectivity index (χ1n) is 7.04. The van der Waals surface area contributed by atoms with Gasteiger partial charge in [-0.05, 0) is 34.9 Å². The molecule has 0 atom stereocenters. The van der Waals surface area contributed by atoms with Crippen LogP contribution in [0.2, 0.25) is 5.02 Å². The molecule has 122 valence electrons. The van der Waals surface area contributed by atoms with Gasteiger partial charge in [0.25, 0.3) is 0 Å². The van der Waals surface area contributed by atoms with Gasteiger partial charge in [0, 0.05) is 5.56 Å². The van der Waals surface area contributed by atoms with Crippen LogP contribution in [-0.4, -0.2) is 8.42 Å². The molecule has 2 N–H and O–H groups in total. The lowest BCUT2D eigenvalue weighted by Gasteiger charge is -2.13. The Morgan fingerprint density at radius 3 is 2.04 bits per heavy atom. The minimum atomic E-state index is -3.88. The quantitative estimate of drug-likeness (QED) is 0.748. The summed E-state index contributed by atoms with van der Waals surface area (Å²) in [4.78, 5) is 0.0330. The normalized spacial score (nSPS) is 11.5. The zero-order valence-corrected chi connectivity index (χ0v) is 14.0. The van der Waals surface area contributed by atoms with Crippen molar-refractivity contribution in [1.82, 2.24) is 0 Å². The third-order valence-electron chi connectivity index (χ3n) is 3.64. The van der Waals surface area contributed by atoms with Crippen molar-refractivity contribution in [3.05, 3.63) is 77.6 Å². The van der Waals surface area contributed by atoms with Crippen molar-refractivity contribution >= 4 is 21.6 Å². The van der Waals surface area contributed by atoms with Crippen LogP contribution in [0, 0.1) is 5.82 Å². The fraction of sp³-hybridized carbons (Fsp3) is 0. The van der Waals surface area contributed by atoms with Crippen molar-refractivity contribution in [3.8, 4) is 22.3 Å². The third-order valence-corrected chi connectivity index (χ3v) is 4.90. The van der Waals surface area contributed by atoms with Gasteiger partial charge in [0.2, 0.25) is 10.0 Å². The highest BCUT2D eigenvalue weighted by Gasteiger charge is 2.17. The molecule has 0 aromatic heterocycles. The van der Waals surface area contributed by atoms with E-state index in [-0.39, 0.29) is 9.92 Å². The van der Waals surface area contributed by atoms with Crippen LogP contribution in [0.3, 0.4) is 0 Å². The van der Waals surface area contributed by atoms with E-state index < -0.39 is 15.8 Å². The third kappa shape index (κ3) is 3.19. The van der Waals surface area contributed by atoms with Crippen molar-refractivity contribution in [1.29, 1.82) is 0 Å². The Hall–Kier alpha value is -2.21. The average Bonchev–Trinajstić information content (AvgIpc) is 2.57. The first-order valence-corrected chi connectivity index (χ1v) is 8.97. The molecule has 24 heavy (non-hydrogen) atoms. The fourth-order valence-corrected chi connectivity index (χ4v) is 3.50. The molecule has 3 nitrogen and oxygen atoms in total. The minimum absolute atomic E-state index is 0.00188. The summed E-state index contributed by atoms with van der Waals surface area (Å²) in [5.41, 5.74) is 2.57. The Labute approximate surface area is 144 Å². The molecular weight excluding hydrogens is 349 g/mol. The molecule has 0 bridgehead atoms.